The Balaban J connectivity index is 0.00000225. The van der Waals surface area contributed by atoms with Gasteiger partial charge in [0.25, 0.3) is 5.56 Å². The van der Waals surface area contributed by atoms with Gasteiger partial charge >= 0.3 is 0 Å². The highest BCUT2D eigenvalue weighted by Gasteiger charge is 2.18. The second kappa shape index (κ2) is 7.64. The van der Waals surface area contributed by atoms with Crippen LogP contribution < -0.4 is 26.8 Å². The van der Waals surface area contributed by atoms with E-state index in [0.29, 0.717) is 23.5 Å². The minimum Gasteiger partial charge on any atom is -0.384 e. The molecule has 148 valence electrons. The molecule has 0 saturated carbocycles. The van der Waals surface area contributed by atoms with E-state index in [4.69, 9.17) is 5.26 Å². The fourth-order valence-electron chi connectivity index (χ4n) is 3.48. The van der Waals surface area contributed by atoms with Crippen LogP contribution in [0.1, 0.15) is 51.0 Å². The number of pyridine rings is 1. The summed E-state index contributed by atoms with van der Waals surface area (Å²) >= 11 is 0. The average molecular weight is 382 g/mol. The zero-order valence-electron chi connectivity index (χ0n) is 16.3. The zero-order valence-corrected chi connectivity index (χ0v) is 16.3. The van der Waals surface area contributed by atoms with Gasteiger partial charge in [0.2, 0.25) is 5.91 Å². The first-order valence-corrected chi connectivity index (χ1v) is 9.01. The van der Waals surface area contributed by atoms with Crippen molar-refractivity contribution in [2.45, 2.75) is 40.2 Å². The van der Waals surface area contributed by atoms with E-state index in [2.05, 4.69) is 25.6 Å². The first-order valence-electron chi connectivity index (χ1n) is 9.01. The number of nitrogens with zero attached hydrogens (tertiary/aromatic N) is 3. The van der Waals surface area contributed by atoms with Crippen molar-refractivity contribution in [1.82, 2.24) is 25.6 Å². The predicted octanol–water partition coefficient (Wildman–Crippen LogP) is 0.0771. The van der Waals surface area contributed by atoms with Crippen LogP contribution in [0.5, 0.6) is 0 Å². The fourth-order valence-corrected chi connectivity index (χ4v) is 3.48. The highest BCUT2D eigenvalue weighted by molar-refractivity contribution is 5.79. The first kappa shape index (κ1) is 19.3. The molecule has 0 aliphatic carbocycles. The number of fused-ring (bicyclic) bond motifs is 1. The molecule has 1 aliphatic rings. The topological polar surface area (TPSA) is 124 Å². The van der Waals surface area contributed by atoms with Crippen LogP contribution in [0.15, 0.2) is 11.0 Å². The molecule has 2 aromatic heterocycles. The first-order chi connectivity index (χ1) is 13.3. The van der Waals surface area contributed by atoms with Crippen LogP contribution in [0, 0.1) is 25.2 Å². The molecule has 3 rings (SSSR count). The molecule has 0 aromatic carbocycles. The van der Waals surface area contributed by atoms with E-state index >= 15 is 0 Å². The molecule has 1 unspecified atom stereocenters. The smallest absolute Gasteiger partial charge is 0.252 e. The maximum absolute atomic E-state index is 12.6. The Bertz CT molecular complexity index is 1180. The summed E-state index contributed by atoms with van der Waals surface area (Å²) < 4.78 is 0. The van der Waals surface area contributed by atoms with Crippen LogP contribution in [-0.4, -0.2) is 27.4 Å². The Morgan fingerprint density at radius 1 is 1.43 bits per heavy atom. The quantitative estimate of drug-likeness (QED) is 0.688. The van der Waals surface area contributed by atoms with Crippen molar-refractivity contribution in [2.24, 2.45) is 0 Å². The van der Waals surface area contributed by atoms with Crippen LogP contribution in [0.3, 0.4) is 0 Å². The van der Waals surface area contributed by atoms with Gasteiger partial charge in [-0.05, 0) is 39.3 Å². The molecule has 28 heavy (non-hydrogen) atoms. The molecule has 0 bridgehead atoms. The number of aromatic amines is 1. The van der Waals surface area contributed by atoms with Gasteiger partial charge in [-0.15, -0.1) is 0 Å². The van der Waals surface area contributed by atoms with Crippen LogP contribution in [-0.2, 0) is 11.2 Å². The van der Waals surface area contributed by atoms with Gasteiger partial charge in [0, 0.05) is 31.2 Å². The molecule has 1 amide bonds. The van der Waals surface area contributed by atoms with Gasteiger partial charge in [-0.25, -0.2) is 4.98 Å². The summed E-state index contributed by atoms with van der Waals surface area (Å²) in [5.41, 5.74) is 3.32. The number of carbonyl (C=O) groups is 1. The van der Waals surface area contributed by atoms with Gasteiger partial charge in [0.05, 0.1) is 30.0 Å². The third kappa shape index (κ3) is 3.64. The molecule has 1 aliphatic heterocycles. The van der Waals surface area contributed by atoms with Crippen molar-refractivity contribution in [1.29, 1.82) is 5.26 Å². The average Bonchev–Trinajstić information content (AvgIpc) is 2.65. The van der Waals surface area contributed by atoms with E-state index in [9.17, 15) is 9.59 Å². The zero-order chi connectivity index (χ0) is 20.4. The van der Waals surface area contributed by atoms with Crippen molar-refractivity contribution in [3.8, 4) is 6.07 Å². The van der Waals surface area contributed by atoms with E-state index in [-0.39, 0.29) is 26.4 Å². The largest absolute Gasteiger partial charge is 0.384 e. The third-order valence-electron chi connectivity index (χ3n) is 4.90. The minimum atomic E-state index is -0.436. The Hall–Kier alpha value is -3.47. The van der Waals surface area contributed by atoms with Gasteiger partial charge in [-0.2, -0.15) is 5.26 Å². The normalized spacial score (nSPS) is 13.6. The number of hydrogen-bond acceptors (Lipinski definition) is 6. The lowest BCUT2D eigenvalue weighted by molar-refractivity contribution is -0.121. The highest BCUT2D eigenvalue weighted by Crippen LogP contribution is 2.13. The number of nitriles is 1. The van der Waals surface area contributed by atoms with E-state index in [0.717, 1.165) is 21.8 Å². The second-order valence-electron chi connectivity index (χ2n) is 6.86. The Labute approximate surface area is 165 Å². The van der Waals surface area contributed by atoms with Gasteiger partial charge in [0.1, 0.15) is 6.07 Å². The van der Waals surface area contributed by atoms with Crippen molar-refractivity contribution >= 4 is 17.7 Å². The Morgan fingerprint density at radius 2 is 2.18 bits per heavy atom. The third-order valence-corrected chi connectivity index (χ3v) is 4.90. The summed E-state index contributed by atoms with van der Waals surface area (Å²) in [6, 6.07) is 1.51. The van der Waals surface area contributed by atoms with Crippen molar-refractivity contribution < 1.29 is 7.65 Å². The summed E-state index contributed by atoms with van der Waals surface area (Å²) in [6.07, 6.45) is 3.27. The monoisotopic (exact) mass is 382 g/mol. The number of amides is 1. The molecule has 0 fully saturated rings. The molecule has 8 heteroatoms. The maximum atomic E-state index is 12.6. The molecule has 3 N–H and O–H groups in total. The van der Waals surface area contributed by atoms with Crippen molar-refractivity contribution in [3.63, 3.8) is 0 Å². The van der Waals surface area contributed by atoms with Gasteiger partial charge < -0.3 is 15.6 Å². The molecule has 1 atom stereocenters. The lowest BCUT2D eigenvalue weighted by atomic mass is 10.0. The molecule has 0 radical (unpaired) electrons. The Kier molecular flexibility index (Phi) is 5.27. The summed E-state index contributed by atoms with van der Waals surface area (Å²) in [5, 5.41) is 16.8. The molecule has 0 saturated heterocycles. The number of H-pyrrole nitrogens is 1. The molecule has 0 spiro atoms. The summed E-state index contributed by atoms with van der Waals surface area (Å²) in [5.74, 6) is -0.296. The number of rotatable bonds is 4. The SMILES string of the molecule is CC1=c2c(C)c(CC(=O)NC(C)c3nc(C#N)cnc3C)c(=O)[nH]c2=CCN1.[HH].[HH]. The standard InChI is InChI=1S/C20H22N6O2.2H2/c1-10-15(20(28)26-16-5-6-22-11(2)18(10)16)7-17(27)24-13(4)19-12(3)23-9-14(8-21)25-19;;/h5,9,13,22H,6-7H2,1-4H3,(H,24,27)(H,26,28);2*1H. The maximum Gasteiger partial charge on any atom is 0.252 e. The summed E-state index contributed by atoms with van der Waals surface area (Å²) in [4.78, 5) is 36.4. The Morgan fingerprint density at radius 3 is 2.89 bits per heavy atom. The molecular formula is C20H26N6O2. The van der Waals surface area contributed by atoms with Crippen LogP contribution in [0.25, 0.3) is 11.8 Å². The molecular weight excluding hydrogens is 356 g/mol. The highest BCUT2D eigenvalue weighted by atomic mass is 16.2. The van der Waals surface area contributed by atoms with Gasteiger partial charge in [-0.1, -0.05) is 0 Å². The van der Waals surface area contributed by atoms with E-state index in [1.165, 1.54) is 6.20 Å². The number of hydrogen-bond donors (Lipinski definition) is 3. The van der Waals surface area contributed by atoms with E-state index < -0.39 is 6.04 Å². The van der Waals surface area contributed by atoms with Crippen molar-refractivity contribution in [3.05, 3.63) is 55.3 Å². The fraction of sp³-hybridized carbons (Fsp3) is 0.350. The van der Waals surface area contributed by atoms with E-state index in [1.807, 2.05) is 26.0 Å². The predicted molar refractivity (Wildman–Crippen MR) is 109 cm³/mol. The van der Waals surface area contributed by atoms with Crippen LogP contribution >= 0.6 is 0 Å². The van der Waals surface area contributed by atoms with Crippen LogP contribution in [0.4, 0.5) is 0 Å². The van der Waals surface area contributed by atoms with Crippen molar-refractivity contribution in [2.75, 3.05) is 6.54 Å². The summed E-state index contributed by atoms with van der Waals surface area (Å²) in [7, 11) is 0. The number of aromatic nitrogens is 3. The molecule has 8 nitrogen and oxygen atoms in total. The number of nitrogens with one attached hydrogen (secondary N) is 3. The van der Waals surface area contributed by atoms with Gasteiger partial charge in [0.15, 0.2) is 5.69 Å². The van der Waals surface area contributed by atoms with E-state index in [1.54, 1.807) is 13.8 Å². The molecule has 2 aromatic rings. The lowest BCUT2D eigenvalue weighted by Crippen LogP contribution is -2.46. The number of carbonyl (C=O) groups excluding carboxylic acids is 1. The van der Waals surface area contributed by atoms with Crippen LogP contribution in [0.2, 0.25) is 0 Å². The van der Waals surface area contributed by atoms with Gasteiger partial charge in [-0.3, -0.25) is 14.6 Å². The minimum absolute atomic E-state index is 0. The number of aryl methyl sites for hydroxylation is 1. The summed E-state index contributed by atoms with van der Waals surface area (Å²) in [6.45, 7) is 8.01. The second-order valence-corrected chi connectivity index (χ2v) is 6.86. The lowest BCUT2D eigenvalue weighted by Gasteiger charge is -2.16. The molecule has 3 heterocycles.